The zero-order valence-corrected chi connectivity index (χ0v) is 10.8. The molecule has 0 aliphatic heterocycles. The largest absolute Gasteiger partial charge is 0.298 e. The topological polar surface area (TPSA) is 12.4 Å². The Morgan fingerprint density at radius 3 is 2.39 bits per heavy atom. The van der Waals surface area contributed by atoms with E-state index >= 15 is 0 Å². The molecule has 0 radical (unpaired) electrons. The van der Waals surface area contributed by atoms with Crippen LogP contribution < -0.4 is 0 Å². The SMILES string of the molecule is C=NC1CCC(c2ccc(CC)c(F)c2F)CC1. The Bertz CT molecular complexity index is 434. The fourth-order valence-electron chi connectivity index (χ4n) is 2.76. The van der Waals surface area contributed by atoms with Gasteiger partial charge < -0.3 is 0 Å². The zero-order chi connectivity index (χ0) is 13.1. The summed E-state index contributed by atoms with van der Waals surface area (Å²) in [6.45, 7) is 5.38. The van der Waals surface area contributed by atoms with Gasteiger partial charge in [-0.05, 0) is 55.9 Å². The first-order chi connectivity index (χ1) is 8.67. The Balaban J connectivity index is 2.19. The number of halogens is 2. The highest BCUT2D eigenvalue weighted by molar-refractivity contribution is 5.30. The second-order valence-corrected chi connectivity index (χ2v) is 4.98. The molecule has 1 aromatic carbocycles. The molecule has 2 rings (SSSR count). The zero-order valence-electron chi connectivity index (χ0n) is 10.8. The van der Waals surface area contributed by atoms with Crippen LogP contribution in [0.5, 0.6) is 0 Å². The lowest BCUT2D eigenvalue weighted by molar-refractivity contribution is 0.382. The summed E-state index contributed by atoms with van der Waals surface area (Å²) in [4.78, 5) is 4.03. The van der Waals surface area contributed by atoms with Gasteiger partial charge in [-0.3, -0.25) is 4.99 Å². The Kier molecular flexibility index (Phi) is 4.10. The van der Waals surface area contributed by atoms with E-state index < -0.39 is 11.6 Å². The number of benzene rings is 1. The monoisotopic (exact) mass is 251 g/mol. The Morgan fingerprint density at radius 2 is 1.83 bits per heavy atom. The van der Waals surface area contributed by atoms with Gasteiger partial charge in [0.15, 0.2) is 11.6 Å². The van der Waals surface area contributed by atoms with Gasteiger partial charge in [-0.25, -0.2) is 8.78 Å². The van der Waals surface area contributed by atoms with E-state index in [0.717, 1.165) is 25.7 Å². The molecule has 0 amide bonds. The first-order valence-corrected chi connectivity index (χ1v) is 6.60. The van der Waals surface area contributed by atoms with Gasteiger partial charge in [0, 0.05) is 6.04 Å². The standard InChI is InChI=1S/C15H19F2N/c1-3-10-6-9-13(15(17)14(10)16)11-4-7-12(18-2)8-5-11/h6,9,11-12H,2-5,7-8H2,1H3. The lowest BCUT2D eigenvalue weighted by atomic mass is 9.81. The molecular formula is C15H19F2N. The molecule has 1 fully saturated rings. The average molecular weight is 251 g/mol. The van der Waals surface area contributed by atoms with Crippen LogP contribution >= 0.6 is 0 Å². The predicted octanol–water partition coefficient (Wildman–Crippen LogP) is 4.25. The van der Waals surface area contributed by atoms with Gasteiger partial charge >= 0.3 is 0 Å². The third-order valence-corrected chi connectivity index (χ3v) is 3.97. The summed E-state index contributed by atoms with van der Waals surface area (Å²) >= 11 is 0. The molecule has 0 unspecified atom stereocenters. The molecule has 98 valence electrons. The highest BCUT2D eigenvalue weighted by Gasteiger charge is 2.25. The van der Waals surface area contributed by atoms with Crippen molar-refractivity contribution in [2.24, 2.45) is 4.99 Å². The number of hydrogen-bond donors (Lipinski definition) is 0. The molecule has 0 atom stereocenters. The molecule has 0 aromatic heterocycles. The summed E-state index contributed by atoms with van der Waals surface area (Å²) in [5.41, 5.74) is 0.991. The lowest BCUT2D eigenvalue weighted by Gasteiger charge is -2.26. The average Bonchev–Trinajstić information content (AvgIpc) is 2.42. The molecule has 1 saturated carbocycles. The molecule has 1 aromatic rings. The molecule has 0 spiro atoms. The number of rotatable bonds is 3. The van der Waals surface area contributed by atoms with Crippen LogP contribution in [0, 0.1) is 11.6 Å². The highest BCUT2D eigenvalue weighted by Crippen LogP contribution is 2.36. The minimum absolute atomic E-state index is 0.128. The normalized spacial score (nSPS) is 23.9. The number of aliphatic imine (C=N–C) groups is 1. The van der Waals surface area contributed by atoms with Gasteiger partial charge in [0.05, 0.1) is 0 Å². The molecule has 18 heavy (non-hydrogen) atoms. The van der Waals surface area contributed by atoms with Crippen molar-refractivity contribution in [3.05, 3.63) is 34.9 Å². The predicted molar refractivity (Wildman–Crippen MR) is 70.3 cm³/mol. The highest BCUT2D eigenvalue weighted by atomic mass is 19.2. The Labute approximate surface area is 107 Å². The minimum atomic E-state index is -0.668. The summed E-state index contributed by atoms with van der Waals surface area (Å²) in [5.74, 6) is -1.19. The first kappa shape index (κ1) is 13.2. The lowest BCUT2D eigenvalue weighted by Crippen LogP contribution is -2.17. The van der Waals surface area contributed by atoms with Crippen LogP contribution in [-0.4, -0.2) is 12.8 Å². The van der Waals surface area contributed by atoms with Crippen molar-refractivity contribution >= 4 is 6.72 Å². The van der Waals surface area contributed by atoms with E-state index in [1.165, 1.54) is 0 Å². The van der Waals surface area contributed by atoms with Gasteiger partial charge in [-0.1, -0.05) is 19.1 Å². The van der Waals surface area contributed by atoms with E-state index in [-0.39, 0.29) is 5.92 Å². The molecule has 1 nitrogen and oxygen atoms in total. The van der Waals surface area contributed by atoms with E-state index in [9.17, 15) is 8.78 Å². The van der Waals surface area contributed by atoms with Crippen LogP contribution in [0.25, 0.3) is 0 Å². The van der Waals surface area contributed by atoms with Crippen molar-refractivity contribution in [3.63, 3.8) is 0 Å². The van der Waals surface area contributed by atoms with Gasteiger partial charge in [-0.15, -0.1) is 0 Å². The van der Waals surface area contributed by atoms with Crippen molar-refractivity contribution in [1.82, 2.24) is 0 Å². The summed E-state index contributed by atoms with van der Waals surface area (Å²) in [6.07, 6.45) is 4.10. The van der Waals surface area contributed by atoms with Crippen LogP contribution in [0.3, 0.4) is 0 Å². The van der Waals surface area contributed by atoms with E-state index in [4.69, 9.17) is 0 Å². The maximum absolute atomic E-state index is 14.0. The van der Waals surface area contributed by atoms with Gasteiger partial charge in [0.2, 0.25) is 0 Å². The molecule has 0 bridgehead atoms. The second-order valence-electron chi connectivity index (χ2n) is 4.98. The number of hydrogen-bond acceptors (Lipinski definition) is 1. The number of nitrogens with zero attached hydrogens (tertiary/aromatic N) is 1. The van der Waals surface area contributed by atoms with E-state index in [1.807, 2.05) is 6.92 Å². The molecule has 0 N–H and O–H groups in total. The fraction of sp³-hybridized carbons (Fsp3) is 0.533. The van der Waals surface area contributed by atoms with Crippen molar-refractivity contribution in [2.45, 2.75) is 51.0 Å². The molecule has 1 aliphatic rings. The van der Waals surface area contributed by atoms with Gasteiger partial charge in [0.25, 0.3) is 0 Å². The molecule has 3 heteroatoms. The van der Waals surface area contributed by atoms with Crippen LogP contribution in [0.4, 0.5) is 8.78 Å². The van der Waals surface area contributed by atoms with Crippen LogP contribution in [0.2, 0.25) is 0 Å². The third kappa shape index (κ3) is 2.45. The minimum Gasteiger partial charge on any atom is -0.298 e. The molecule has 1 aliphatic carbocycles. The Morgan fingerprint density at radius 1 is 1.17 bits per heavy atom. The van der Waals surface area contributed by atoms with Crippen molar-refractivity contribution in [2.75, 3.05) is 0 Å². The number of aryl methyl sites for hydroxylation is 1. The van der Waals surface area contributed by atoms with Crippen molar-refractivity contribution < 1.29 is 8.78 Å². The maximum Gasteiger partial charge on any atom is 0.162 e. The van der Waals surface area contributed by atoms with Gasteiger partial charge in [0.1, 0.15) is 0 Å². The van der Waals surface area contributed by atoms with Crippen LogP contribution in [-0.2, 0) is 6.42 Å². The van der Waals surface area contributed by atoms with E-state index in [1.54, 1.807) is 12.1 Å². The summed E-state index contributed by atoms with van der Waals surface area (Å²) in [6, 6.07) is 3.76. The summed E-state index contributed by atoms with van der Waals surface area (Å²) in [5, 5.41) is 0. The third-order valence-electron chi connectivity index (χ3n) is 3.97. The summed E-state index contributed by atoms with van der Waals surface area (Å²) < 4.78 is 27.8. The van der Waals surface area contributed by atoms with E-state index in [0.29, 0.717) is 23.6 Å². The van der Waals surface area contributed by atoms with Crippen molar-refractivity contribution in [1.29, 1.82) is 0 Å². The Hall–Kier alpha value is -1.25. The van der Waals surface area contributed by atoms with Crippen molar-refractivity contribution in [3.8, 4) is 0 Å². The van der Waals surface area contributed by atoms with Crippen LogP contribution in [0.1, 0.15) is 49.7 Å². The second kappa shape index (κ2) is 5.59. The van der Waals surface area contributed by atoms with Crippen LogP contribution in [0.15, 0.2) is 17.1 Å². The smallest absolute Gasteiger partial charge is 0.162 e. The molecule has 0 heterocycles. The fourth-order valence-corrected chi connectivity index (χ4v) is 2.76. The van der Waals surface area contributed by atoms with E-state index in [2.05, 4.69) is 11.7 Å². The molecule has 0 saturated heterocycles. The molecular weight excluding hydrogens is 232 g/mol. The van der Waals surface area contributed by atoms with Gasteiger partial charge in [-0.2, -0.15) is 0 Å². The first-order valence-electron chi connectivity index (χ1n) is 6.60. The summed E-state index contributed by atoms with van der Waals surface area (Å²) in [7, 11) is 0. The quantitative estimate of drug-likeness (QED) is 0.712. The maximum atomic E-state index is 14.0.